The quantitative estimate of drug-likeness (QED) is 0.570. The lowest BCUT2D eigenvalue weighted by Gasteiger charge is -2.16. The summed E-state index contributed by atoms with van der Waals surface area (Å²) in [6.07, 6.45) is -4.64. The van der Waals surface area contributed by atoms with Crippen LogP contribution >= 0.6 is 15.9 Å². The molecule has 1 aromatic heterocycles. The molecule has 0 unspecified atom stereocenters. The maximum absolute atomic E-state index is 13.4. The van der Waals surface area contributed by atoms with Gasteiger partial charge in [0.2, 0.25) is 10.0 Å². The van der Waals surface area contributed by atoms with Crippen molar-refractivity contribution in [1.29, 1.82) is 0 Å². The summed E-state index contributed by atoms with van der Waals surface area (Å²) in [6.45, 7) is 0.500. The topological polar surface area (TPSA) is 81.2 Å². The first-order valence-corrected chi connectivity index (χ1v) is 10.9. The molecule has 0 fully saturated rings. The summed E-state index contributed by atoms with van der Waals surface area (Å²) in [5, 5.41) is 8.85. The summed E-state index contributed by atoms with van der Waals surface area (Å²) in [4.78, 5) is 1.76. The monoisotopic (exact) mass is 502 g/mol. The van der Waals surface area contributed by atoms with Gasteiger partial charge in [-0.2, -0.15) is 18.3 Å². The number of benzene rings is 2. The lowest BCUT2D eigenvalue weighted by Crippen LogP contribution is -2.13. The maximum atomic E-state index is 13.4. The number of halogens is 4. The van der Waals surface area contributed by atoms with Crippen LogP contribution in [0.2, 0.25) is 0 Å². The smallest absolute Gasteiger partial charge is 0.305 e. The number of alkyl halides is 3. The maximum Gasteiger partial charge on any atom is 0.435 e. The van der Waals surface area contributed by atoms with E-state index in [1.807, 2.05) is 31.1 Å². The normalized spacial score (nSPS) is 12.5. The lowest BCUT2D eigenvalue weighted by atomic mass is 10.0. The molecular weight excluding hydrogens is 485 g/mol. The lowest BCUT2D eigenvalue weighted by molar-refractivity contribution is -0.141. The standard InChI is InChI=1S/C19H18BrF3N4O2S/c1-26(2)11-12-3-4-13(20)9-16(12)17-10-18(19(21,22)23)25-27(17)14-5-7-15(8-6-14)30(24,28)29/h3-10H,11H2,1-2H3,(H2,24,28,29). The van der Waals surface area contributed by atoms with Crippen LogP contribution in [0.5, 0.6) is 0 Å². The fourth-order valence-electron chi connectivity index (χ4n) is 2.95. The average molecular weight is 503 g/mol. The predicted octanol–water partition coefficient (Wildman–Crippen LogP) is 4.03. The molecule has 2 N–H and O–H groups in total. The van der Waals surface area contributed by atoms with Crippen molar-refractivity contribution in [3.05, 3.63) is 64.3 Å². The number of aromatic nitrogens is 2. The highest BCUT2D eigenvalue weighted by Gasteiger charge is 2.35. The van der Waals surface area contributed by atoms with Gasteiger partial charge in [-0.15, -0.1) is 0 Å². The number of hydrogen-bond acceptors (Lipinski definition) is 4. The zero-order valence-corrected chi connectivity index (χ0v) is 18.4. The molecule has 3 aromatic rings. The van der Waals surface area contributed by atoms with Crippen LogP contribution in [0.25, 0.3) is 16.9 Å². The van der Waals surface area contributed by atoms with Crippen molar-refractivity contribution in [2.45, 2.75) is 17.6 Å². The third-order valence-corrected chi connectivity index (χ3v) is 5.67. The number of nitrogens with zero attached hydrogens (tertiary/aromatic N) is 3. The van der Waals surface area contributed by atoms with Gasteiger partial charge in [0.25, 0.3) is 0 Å². The molecule has 0 atom stereocenters. The first kappa shape index (κ1) is 22.5. The van der Waals surface area contributed by atoms with Gasteiger partial charge in [0.1, 0.15) is 0 Å². The minimum absolute atomic E-state index is 0.147. The van der Waals surface area contributed by atoms with E-state index in [9.17, 15) is 21.6 Å². The third kappa shape index (κ3) is 4.91. The zero-order chi connectivity index (χ0) is 22.3. The first-order chi connectivity index (χ1) is 13.9. The molecule has 3 rings (SSSR count). The van der Waals surface area contributed by atoms with E-state index in [4.69, 9.17) is 5.14 Å². The third-order valence-electron chi connectivity index (χ3n) is 4.24. The second-order valence-electron chi connectivity index (χ2n) is 6.90. The van der Waals surface area contributed by atoms with Gasteiger partial charge in [-0.25, -0.2) is 18.2 Å². The molecule has 0 bridgehead atoms. The Kier molecular flexibility index (Phi) is 6.10. The van der Waals surface area contributed by atoms with Crippen molar-refractivity contribution in [2.24, 2.45) is 5.14 Å². The van der Waals surface area contributed by atoms with Crippen LogP contribution in [0.4, 0.5) is 13.2 Å². The van der Waals surface area contributed by atoms with E-state index in [0.717, 1.165) is 16.3 Å². The van der Waals surface area contributed by atoms with Gasteiger partial charge in [-0.1, -0.05) is 22.0 Å². The minimum atomic E-state index is -4.64. The first-order valence-electron chi connectivity index (χ1n) is 8.60. The highest BCUT2D eigenvalue weighted by Crippen LogP contribution is 2.35. The number of sulfonamides is 1. The Balaban J connectivity index is 2.24. The molecule has 0 aliphatic rings. The van der Waals surface area contributed by atoms with Gasteiger partial charge >= 0.3 is 6.18 Å². The van der Waals surface area contributed by atoms with Crippen molar-refractivity contribution >= 4 is 26.0 Å². The molecule has 160 valence electrons. The van der Waals surface area contributed by atoms with Gasteiger partial charge in [0, 0.05) is 16.6 Å². The Bertz CT molecular complexity index is 1170. The van der Waals surface area contributed by atoms with Crippen molar-refractivity contribution in [3.8, 4) is 16.9 Å². The van der Waals surface area contributed by atoms with E-state index in [1.54, 1.807) is 6.07 Å². The molecule has 30 heavy (non-hydrogen) atoms. The van der Waals surface area contributed by atoms with Crippen molar-refractivity contribution in [3.63, 3.8) is 0 Å². The number of nitrogens with two attached hydrogens (primary N) is 1. The van der Waals surface area contributed by atoms with Crippen molar-refractivity contribution in [2.75, 3.05) is 14.1 Å². The second-order valence-corrected chi connectivity index (χ2v) is 9.38. The van der Waals surface area contributed by atoms with Crippen LogP contribution in [0, 0.1) is 0 Å². The number of hydrogen-bond donors (Lipinski definition) is 1. The summed E-state index contributed by atoms with van der Waals surface area (Å²) in [7, 11) is -0.215. The van der Waals surface area contributed by atoms with Gasteiger partial charge in [0.15, 0.2) is 5.69 Å². The van der Waals surface area contributed by atoms with Crippen LogP contribution in [0.1, 0.15) is 11.3 Å². The SMILES string of the molecule is CN(C)Cc1ccc(Br)cc1-c1cc(C(F)(F)F)nn1-c1ccc(S(N)(=O)=O)cc1. The summed E-state index contributed by atoms with van der Waals surface area (Å²) >= 11 is 3.37. The molecule has 0 saturated heterocycles. The molecule has 0 amide bonds. The molecule has 2 aromatic carbocycles. The molecule has 6 nitrogen and oxygen atoms in total. The number of rotatable bonds is 5. The Morgan fingerprint density at radius 3 is 2.27 bits per heavy atom. The Morgan fingerprint density at radius 1 is 1.10 bits per heavy atom. The van der Waals surface area contributed by atoms with E-state index in [-0.39, 0.29) is 16.3 Å². The fourth-order valence-corrected chi connectivity index (χ4v) is 3.83. The van der Waals surface area contributed by atoms with Crippen molar-refractivity contribution in [1.82, 2.24) is 14.7 Å². The molecule has 0 aliphatic carbocycles. The Labute approximate surface area is 180 Å². The van der Waals surface area contributed by atoms with Crippen LogP contribution in [-0.4, -0.2) is 37.2 Å². The molecule has 0 aliphatic heterocycles. The van der Waals surface area contributed by atoms with Gasteiger partial charge in [0.05, 0.1) is 16.3 Å². The molecule has 0 radical (unpaired) electrons. The van der Waals surface area contributed by atoms with E-state index >= 15 is 0 Å². The van der Waals surface area contributed by atoms with E-state index in [1.165, 1.54) is 24.3 Å². The number of primary sulfonamides is 1. The minimum Gasteiger partial charge on any atom is -0.305 e. The highest BCUT2D eigenvalue weighted by atomic mass is 79.9. The second kappa shape index (κ2) is 8.14. The summed E-state index contributed by atoms with van der Waals surface area (Å²) in [6, 6.07) is 11.5. The zero-order valence-electron chi connectivity index (χ0n) is 16.0. The van der Waals surface area contributed by atoms with Crippen LogP contribution < -0.4 is 5.14 Å². The summed E-state index contributed by atoms with van der Waals surface area (Å²) in [5.74, 6) is 0. The highest BCUT2D eigenvalue weighted by molar-refractivity contribution is 9.10. The summed E-state index contributed by atoms with van der Waals surface area (Å²) < 4.78 is 65.1. The van der Waals surface area contributed by atoms with Crippen LogP contribution in [0.3, 0.4) is 0 Å². The van der Waals surface area contributed by atoms with Crippen molar-refractivity contribution < 1.29 is 21.6 Å². The molecular formula is C19H18BrF3N4O2S. The average Bonchev–Trinajstić information content (AvgIpc) is 3.08. The fraction of sp³-hybridized carbons (Fsp3) is 0.211. The van der Waals surface area contributed by atoms with Gasteiger partial charge in [-0.05, 0) is 62.1 Å². The molecule has 0 saturated carbocycles. The Hall–Kier alpha value is -2.21. The van der Waals surface area contributed by atoms with Gasteiger partial charge < -0.3 is 4.90 Å². The molecule has 0 spiro atoms. The largest absolute Gasteiger partial charge is 0.435 e. The summed E-state index contributed by atoms with van der Waals surface area (Å²) in [5.41, 5.74) is 0.812. The van der Waals surface area contributed by atoms with Gasteiger partial charge in [-0.3, -0.25) is 0 Å². The van der Waals surface area contributed by atoms with E-state index in [2.05, 4.69) is 21.0 Å². The molecule has 11 heteroatoms. The predicted molar refractivity (Wildman–Crippen MR) is 110 cm³/mol. The molecule has 1 heterocycles. The van der Waals surface area contributed by atoms with Crippen LogP contribution in [0.15, 0.2) is 57.9 Å². The van der Waals surface area contributed by atoms with E-state index in [0.29, 0.717) is 16.6 Å². The van der Waals surface area contributed by atoms with Crippen LogP contribution in [-0.2, 0) is 22.7 Å². The Morgan fingerprint density at radius 2 is 1.73 bits per heavy atom. The van der Waals surface area contributed by atoms with E-state index < -0.39 is 21.9 Å².